The summed E-state index contributed by atoms with van der Waals surface area (Å²) < 4.78 is 64.8. The average molecular weight is 460 g/mol. The van der Waals surface area contributed by atoms with Gasteiger partial charge in [0, 0.05) is 18.3 Å². The molecule has 4 atom stereocenters. The fraction of sp³-hybridized carbons (Fsp3) is 0.882. The van der Waals surface area contributed by atoms with E-state index in [1.165, 1.54) is 0 Å². The van der Waals surface area contributed by atoms with Crippen molar-refractivity contribution in [1.82, 2.24) is 0 Å². The second kappa shape index (κ2) is 9.49. The summed E-state index contributed by atoms with van der Waals surface area (Å²) >= 11 is 0. The Kier molecular flexibility index (Phi) is 7.91. The summed E-state index contributed by atoms with van der Waals surface area (Å²) in [6.07, 6.45) is -2.22. The van der Waals surface area contributed by atoms with Gasteiger partial charge in [-0.1, -0.05) is 12.8 Å². The van der Waals surface area contributed by atoms with Gasteiger partial charge in [0.25, 0.3) is 0 Å². The van der Waals surface area contributed by atoms with Crippen LogP contribution in [0.5, 0.6) is 0 Å². The third-order valence-corrected chi connectivity index (χ3v) is 6.49. The van der Waals surface area contributed by atoms with Crippen molar-refractivity contribution in [1.29, 1.82) is 0 Å². The van der Waals surface area contributed by atoms with Crippen molar-refractivity contribution in [3.8, 4) is 0 Å². The maximum atomic E-state index is 13.4. The van der Waals surface area contributed by atoms with E-state index < -0.39 is 46.6 Å². The molecule has 0 aliphatic heterocycles. The summed E-state index contributed by atoms with van der Waals surface area (Å²) in [5.74, 6) is -0.301. The Labute approximate surface area is 171 Å². The quantitative estimate of drug-likeness (QED) is 0.201. The number of carbonyl (C=O) groups is 2. The first-order valence-electron chi connectivity index (χ1n) is 9.55. The summed E-state index contributed by atoms with van der Waals surface area (Å²) in [5, 5.41) is 22.3. The van der Waals surface area contributed by atoms with Crippen LogP contribution in [0.4, 0.5) is 8.78 Å². The zero-order chi connectivity index (χ0) is 22.7. The van der Waals surface area contributed by atoms with Crippen LogP contribution >= 0.6 is 0 Å². The second-order valence-electron chi connectivity index (χ2n) is 7.85. The molecule has 2 bridgehead atoms. The van der Waals surface area contributed by atoms with E-state index in [4.69, 9.17) is 19.5 Å². The van der Waals surface area contributed by atoms with Crippen LogP contribution in [-0.4, -0.2) is 70.6 Å². The smallest absolute Gasteiger partial charge is 0.428 e. The van der Waals surface area contributed by atoms with Gasteiger partial charge in [-0.15, -0.1) is 0 Å². The molecule has 2 rings (SSSR count). The van der Waals surface area contributed by atoms with Crippen molar-refractivity contribution in [3.63, 3.8) is 0 Å². The number of hydrogen-bond acceptors (Lipinski definition) is 9. The maximum Gasteiger partial charge on any atom is 0.428 e. The molecule has 4 N–H and O–H groups in total. The van der Waals surface area contributed by atoms with Crippen molar-refractivity contribution in [2.45, 2.75) is 62.3 Å². The second-order valence-corrected chi connectivity index (χ2v) is 9.37. The van der Waals surface area contributed by atoms with E-state index in [0.717, 1.165) is 32.1 Å². The van der Waals surface area contributed by atoms with Crippen LogP contribution in [0.15, 0.2) is 0 Å². The van der Waals surface area contributed by atoms with Crippen molar-refractivity contribution in [3.05, 3.63) is 0 Å². The molecule has 2 saturated carbocycles. The molecule has 10 nitrogen and oxygen atoms in total. The fourth-order valence-electron chi connectivity index (χ4n) is 3.92. The van der Waals surface area contributed by atoms with Gasteiger partial charge < -0.3 is 24.8 Å². The standard InChI is InChI=1S/C17H26F2O10S/c18-16(19,17(23,24)30(25,26)27)29-9-13(20)8-28-14(21)5-4-12-7-10-2-1-3-11(6-10)15(12)22/h10-13,20,23-24H,1-9H2,(H,25,26,27). The molecule has 0 aromatic rings. The number of rotatable bonds is 10. The maximum absolute atomic E-state index is 13.4. The highest BCUT2D eigenvalue weighted by molar-refractivity contribution is 7.86. The molecule has 0 aromatic carbocycles. The minimum Gasteiger partial charge on any atom is -0.463 e. The van der Waals surface area contributed by atoms with Crippen LogP contribution in [-0.2, 0) is 29.2 Å². The number of esters is 1. The molecule has 2 aliphatic carbocycles. The fourth-order valence-corrected chi connectivity index (χ4v) is 4.28. The van der Waals surface area contributed by atoms with Gasteiger partial charge in [0.15, 0.2) is 0 Å². The monoisotopic (exact) mass is 460 g/mol. The Balaban J connectivity index is 1.72. The van der Waals surface area contributed by atoms with E-state index in [-0.39, 0.29) is 24.0 Å². The summed E-state index contributed by atoms with van der Waals surface area (Å²) in [6.45, 7) is -2.11. The van der Waals surface area contributed by atoms with Gasteiger partial charge in [-0.3, -0.25) is 14.1 Å². The van der Waals surface area contributed by atoms with Crippen LogP contribution in [0.25, 0.3) is 0 Å². The normalized spacial score (nSPS) is 26.3. The number of Topliss-reactive ketones (excluding diaryl/α,β-unsaturated/α-hetero) is 1. The topological polar surface area (TPSA) is 168 Å². The highest BCUT2D eigenvalue weighted by atomic mass is 32.2. The number of ether oxygens (including phenoxy) is 2. The van der Waals surface area contributed by atoms with Crippen molar-refractivity contribution >= 4 is 21.9 Å². The molecule has 2 aliphatic rings. The molecule has 0 aromatic heterocycles. The van der Waals surface area contributed by atoms with E-state index in [2.05, 4.69) is 4.74 Å². The zero-order valence-electron chi connectivity index (χ0n) is 16.1. The Morgan fingerprint density at radius 2 is 1.87 bits per heavy atom. The molecule has 0 radical (unpaired) electrons. The van der Waals surface area contributed by atoms with E-state index in [1.807, 2.05) is 0 Å². The number of fused-ring (bicyclic) bond motifs is 2. The van der Waals surface area contributed by atoms with E-state index >= 15 is 0 Å². The lowest BCUT2D eigenvalue weighted by molar-refractivity contribution is -0.365. The first kappa shape index (κ1) is 25.0. The average Bonchev–Trinajstić information content (AvgIpc) is 2.65. The lowest BCUT2D eigenvalue weighted by Crippen LogP contribution is -2.56. The summed E-state index contributed by atoms with van der Waals surface area (Å²) in [6, 6.07) is 0. The van der Waals surface area contributed by atoms with Gasteiger partial charge in [0.1, 0.15) is 18.5 Å². The predicted molar refractivity (Wildman–Crippen MR) is 94.4 cm³/mol. The molecule has 0 heterocycles. The minimum atomic E-state index is -6.02. The number of aliphatic hydroxyl groups is 3. The van der Waals surface area contributed by atoms with Crippen LogP contribution in [0, 0.1) is 17.8 Å². The van der Waals surface area contributed by atoms with Crippen LogP contribution in [0.2, 0.25) is 0 Å². The molecule has 30 heavy (non-hydrogen) atoms. The Hall–Kier alpha value is -1.25. The SMILES string of the molecule is O=C(CCC1CC2CCCC(C2)C1=O)OCC(O)COC(F)(F)C(O)(O)S(=O)(=O)O. The van der Waals surface area contributed by atoms with Crippen molar-refractivity contribution in [2.24, 2.45) is 17.8 Å². The number of halogens is 2. The Morgan fingerprint density at radius 3 is 2.50 bits per heavy atom. The predicted octanol–water partition coefficient (Wildman–Crippen LogP) is 0.202. The molecule has 174 valence electrons. The third-order valence-electron chi connectivity index (χ3n) is 5.53. The first-order valence-corrected chi connectivity index (χ1v) is 11.0. The molecule has 13 heteroatoms. The molecule has 4 unspecified atom stereocenters. The number of carbonyl (C=O) groups excluding carboxylic acids is 2. The van der Waals surface area contributed by atoms with Gasteiger partial charge in [0.05, 0.1) is 6.61 Å². The van der Waals surface area contributed by atoms with Crippen LogP contribution in [0.1, 0.15) is 44.9 Å². The lowest BCUT2D eigenvalue weighted by Gasteiger charge is -2.37. The number of alkyl halides is 2. The van der Waals surface area contributed by atoms with Gasteiger partial charge in [-0.05, 0) is 31.6 Å². The number of hydrogen-bond donors (Lipinski definition) is 4. The summed E-state index contributed by atoms with van der Waals surface area (Å²) in [4.78, 5) is 24.2. The van der Waals surface area contributed by atoms with E-state index in [0.29, 0.717) is 12.3 Å². The Morgan fingerprint density at radius 1 is 1.20 bits per heavy atom. The first-order chi connectivity index (χ1) is 13.7. The molecule has 0 spiro atoms. The molecule has 2 fully saturated rings. The molecular formula is C17H26F2O10S. The van der Waals surface area contributed by atoms with Gasteiger partial charge in [-0.2, -0.15) is 17.2 Å². The zero-order valence-corrected chi connectivity index (χ0v) is 16.9. The molecule has 0 amide bonds. The van der Waals surface area contributed by atoms with Gasteiger partial charge in [0.2, 0.25) is 0 Å². The summed E-state index contributed by atoms with van der Waals surface area (Å²) in [7, 11) is -6.02. The largest absolute Gasteiger partial charge is 0.463 e. The minimum absolute atomic E-state index is 0.0482. The number of aliphatic hydroxyl groups excluding tert-OH is 1. The van der Waals surface area contributed by atoms with Crippen LogP contribution in [0.3, 0.4) is 0 Å². The third kappa shape index (κ3) is 5.92. The number of ketones is 1. The van der Waals surface area contributed by atoms with Gasteiger partial charge >= 0.3 is 27.3 Å². The van der Waals surface area contributed by atoms with E-state index in [1.54, 1.807) is 0 Å². The Bertz CT molecular complexity index is 739. The van der Waals surface area contributed by atoms with Crippen molar-refractivity contribution < 1.29 is 56.1 Å². The summed E-state index contributed by atoms with van der Waals surface area (Å²) in [5.41, 5.74) is 0. The van der Waals surface area contributed by atoms with Crippen LogP contribution < -0.4 is 0 Å². The highest BCUT2D eigenvalue weighted by Crippen LogP contribution is 2.41. The highest BCUT2D eigenvalue weighted by Gasteiger charge is 2.63. The lowest BCUT2D eigenvalue weighted by atomic mass is 9.66. The molecule has 0 saturated heterocycles. The van der Waals surface area contributed by atoms with E-state index in [9.17, 15) is 31.9 Å². The molecular weight excluding hydrogens is 434 g/mol. The van der Waals surface area contributed by atoms with Crippen molar-refractivity contribution in [2.75, 3.05) is 13.2 Å². The van der Waals surface area contributed by atoms with Gasteiger partial charge in [-0.25, -0.2) is 0 Å².